The summed E-state index contributed by atoms with van der Waals surface area (Å²) in [7, 11) is -3.78. The van der Waals surface area contributed by atoms with E-state index in [0.29, 0.717) is 10.0 Å². The molecule has 1 aromatic heterocycles. The van der Waals surface area contributed by atoms with Crippen molar-refractivity contribution < 1.29 is 22.7 Å². The van der Waals surface area contributed by atoms with Crippen LogP contribution in [0, 0.1) is 0 Å². The smallest absolute Gasteiger partial charge is 0.307 e. The van der Waals surface area contributed by atoms with Crippen LogP contribution in [0.1, 0.15) is 13.3 Å². The number of ether oxygens (including phenoxy) is 1. The Labute approximate surface area is 172 Å². The molecule has 0 unspecified atom stereocenters. The molecule has 0 radical (unpaired) electrons. The number of aromatic nitrogens is 1. The first-order valence-corrected chi connectivity index (χ1v) is 10.3. The van der Waals surface area contributed by atoms with Gasteiger partial charge in [0, 0.05) is 17.8 Å². The van der Waals surface area contributed by atoms with Gasteiger partial charge in [0.25, 0.3) is 5.91 Å². The monoisotopic (exact) mass is 445 g/mol. The normalized spacial score (nSPS) is 12.2. The maximum absolute atomic E-state index is 12.1. The lowest BCUT2D eigenvalue weighted by Gasteiger charge is -2.13. The molecule has 1 aromatic carbocycles. The van der Waals surface area contributed by atoms with Crippen LogP contribution >= 0.6 is 23.2 Å². The number of halogens is 2. The zero-order valence-corrected chi connectivity index (χ0v) is 17.0. The van der Waals surface area contributed by atoms with Gasteiger partial charge in [-0.05, 0) is 43.3 Å². The average Bonchev–Trinajstić information content (AvgIpc) is 2.63. The molecule has 0 aliphatic carbocycles. The van der Waals surface area contributed by atoms with Crippen molar-refractivity contribution in [1.82, 2.24) is 9.71 Å². The van der Waals surface area contributed by atoms with Crippen molar-refractivity contribution in [1.29, 1.82) is 0 Å². The molecule has 11 heteroatoms. The molecule has 1 heterocycles. The van der Waals surface area contributed by atoms with E-state index in [0.717, 1.165) is 0 Å². The number of carbonyl (C=O) groups is 2. The Balaban J connectivity index is 1.78. The molecule has 0 spiro atoms. The average molecular weight is 446 g/mol. The molecule has 1 atom stereocenters. The summed E-state index contributed by atoms with van der Waals surface area (Å²) >= 11 is 11.4. The third-order valence-electron chi connectivity index (χ3n) is 3.40. The van der Waals surface area contributed by atoms with Gasteiger partial charge >= 0.3 is 5.97 Å². The molecule has 0 saturated carbocycles. The van der Waals surface area contributed by atoms with Crippen molar-refractivity contribution >= 4 is 50.9 Å². The number of nitrogens with one attached hydrogen (secondary N) is 2. The van der Waals surface area contributed by atoms with Crippen LogP contribution < -0.4 is 10.0 Å². The van der Waals surface area contributed by atoms with E-state index in [4.69, 9.17) is 27.9 Å². The van der Waals surface area contributed by atoms with E-state index in [2.05, 4.69) is 15.0 Å². The summed E-state index contributed by atoms with van der Waals surface area (Å²) in [6.45, 7) is 1.21. The zero-order valence-electron chi connectivity index (χ0n) is 14.7. The lowest BCUT2D eigenvalue weighted by molar-refractivity contribution is -0.152. The van der Waals surface area contributed by atoms with Gasteiger partial charge in [0.15, 0.2) is 6.10 Å². The zero-order chi connectivity index (χ0) is 20.7. The summed E-state index contributed by atoms with van der Waals surface area (Å²) in [4.78, 5) is 27.8. The van der Waals surface area contributed by atoms with Crippen molar-refractivity contribution in [2.45, 2.75) is 24.3 Å². The van der Waals surface area contributed by atoms with Gasteiger partial charge in [0.05, 0.1) is 16.3 Å². The molecule has 8 nitrogen and oxygen atoms in total. The molecule has 0 bridgehead atoms. The lowest BCUT2D eigenvalue weighted by atomic mass is 10.3. The molecule has 0 aliphatic heterocycles. The van der Waals surface area contributed by atoms with Crippen molar-refractivity contribution in [2.24, 2.45) is 0 Å². The van der Waals surface area contributed by atoms with Gasteiger partial charge in [-0.3, -0.25) is 9.59 Å². The third kappa shape index (κ3) is 6.75. The first-order chi connectivity index (χ1) is 13.2. The van der Waals surface area contributed by atoms with E-state index >= 15 is 0 Å². The Morgan fingerprint density at radius 2 is 1.75 bits per heavy atom. The summed E-state index contributed by atoms with van der Waals surface area (Å²) in [6.07, 6.45) is 0.0300. The van der Waals surface area contributed by atoms with E-state index in [1.807, 2.05) is 0 Å². The van der Waals surface area contributed by atoms with Crippen LogP contribution in [0.2, 0.25) is 10.0 Å². The van der Waals surface area contributed by atoms with Crippen LogP contribution in [0.5, 0.6) is 0 Å². The summed E-state index contributed by atoms with van der Waals surface area (Å²) < 4.78 is 31.5. The second-order valence-electron chi connectivity index (χ2n) is 5.58. The quantitative estimate of drug-likeness (QED) is 0.603. The number of hydrogen-bond donors (Lipinski definition) is 2. The Kier molecular flexibility index (Phi) is 7.76. The van der Waals surface area contributed by atoms with Crippen LogP contribution in [-0.2, 0) is 24.3 Å². The highest BCUT2D eigenvalue weighted by molar-refractivity contribution is 7.89. The fourth-order valence-corrected chi connectivity index (χ4v) is 3.24. The summed E-state index contributed by atoms with van der Waals surface area (Å²) in [5, 5.41) is 3.29. The van der Waals surface area contributed by atoms with Gasteiger partial charge in [-0.25, -0.2) is 18.1 Å². The van der Waals surface area contributed by atoms with E-state index < -0.39 is 28.0 Å². The highest BCUT2D eigenvalue weighted by atomic mass is 35.5. The van der Waals surface area contributed by atoms with Crippen LogP contribution in [-0.4, -0.2) is 37.9 Å². The molecule has 1 amide bonds. The standard InChI is InChI=1S/C17H17Cl2N3O5S/c1-11(17(24)22-15-7-4-13(19)10-20-15)27-16(23)8-9-21-28(25,26)14-5-2-12(18)3-6-14/h2-7,10-11,21H,8-9H2,1H3,(H,20,22,24)/t11-/m1/s1. The minimum absolute atomic E-state index is 0.0217. The Bertz CT molecular complexity index is 934. The molecule has 0 aliphatic rings. The van der Waals surface area contributed by atoms with Crippen molar-refractivity contribution in [3.05, 3.63) is 52.6 Å². The van der Waals surface area contributed by atoms with Crippen LogP contribution in [0.15, 0.2) is 47.5 Å². The number of benzene rings is 1. The van der Waals surface area contributed by atoms with E-state index in [1.54, 1.807) is 6.07 Å². The SMILES string of the molecule is C[C@@H](OC(=O)CCNS(=O)(=O)c1ccc(Cl)cc1)C(=O)Nc1ccc(Cl)cn1. The number of amides is 1. The summed E-state index contributed by atoms with van der Waals surface area (Å²) in [5.41, 5.74) is 0. The first kappa shape index (κ1) is 22.1. The van der Waals surface area contributed by atoms with Gasteiger partial charge in [-0.15, -0.1) is 0 Å². The molecule has 150 valence electrons. The summed E-state index contributed by atoms with van der Waals surface area (Å²) in [5.74, 6) is -1.05. The molecular formula is C17H17Cl2N3O5S. The number of carbonyl (C=O) groups excluding carboxylic acids is 2. The highest BCUT2D eigenvalue weighted by Crippen LogP contribution is 2.14. The lowest BCUT2D eigenvalue weighted by Crippen LogP contribution is -2.32. The molecule has 0 saturated heterocycles. The molecular weight excluding hydrogens is 429 g/mol. The number of hydrogen-bond acceptors (Lipinski definition) is 6. The number of rotatable bonds is 8. The first-order valence-electron chi connectivity index (χ1n) is 8.04. The number of sulfonamides is 1. The predicted molar refractivity (Wildman–Crippen MR) is 105 cm³/mol. The second-order valence-corrected chi connectivity index (χ2v) is 8.22. The van der Waals surface area contributed by atoms with Crippen molar-refractivity contribution in [3.63, 3.8) is 0 Å². The Morgan fingerprint density at radius 1 is 1.11 bits per heavy atom. The fourth-order valence-electron chi connectivity index (χ4n) is 1.97. The highest BCUT2D eigenvalue weighted by Gasteiger charge is 2.19. The van der Waals surface area contributed by atoms with E-state index in [1.165, 1.54) is 43.5 Å². The Morgan fingerprint density at radius 3 is 2.36 bits per heavy atom. The molecule has 0 fully saturated rings. The van der Waals surface area contributed by atoms with Gasteiger partial charge in [0.2, 0.25) is 10.0 Å². The molecule has 28 heavy (non-hydrogen) atoms. The third-order valence-corrected chi connectivity index (χ3v) is 5.35. The fraction of sp³-hybridized carbons (Fsp3) is 0.235. The van der Waals surface area contributed by atoms with Gasteiger partial charge < -0.3 is 10.1 Å². The van der Waals surface area contributed by atoms with Crippen LogP contribution in [0.3, 0.4) is 0 Å². The van der Waals surface area contributed by atoms with Crippen molar-refractivity contribution in [2.75, 3.05) is 11.9 Å². The molecule has 2 aromatic rings. The summed E-state index contributed by atoms with van der Waals surface area (Å²) in [6, 6.07) is 8.63. The maximum atomic E-state index is 12.1. The molecule has 2 rings (SSSR count). The second kappa shape index (κ2) is 9.83. The maximum Gasteiger partial charge on any atom is 0.307 e. The van der Waals surface area contributed by atoms with E-state index in [-0.39, 0.29) is 23.7 Å². The topological polar surface area (TPSA) is 114 Å². The van der Waals surface area contributed by atoms with Gasteiger partial charge in [0.1, 0.15) is 5.82 Å². The number of nitrogens with zero attached hydrogens (tertiary/aromatic N) is 1. The predicted octanol–water partition coefficient (Wildman–Crippen LogP) is 2.63. The number of esters is 1. The number of pyridine rings is 1. The van der Waals surface area contributed by atoms with E-state index in [9.17, 15) is 18.0 Å². The van der Waals surface area contributed by atoms with Gasteiger partial charge in [-0.1, -0.05) is 23.2 Å². The van der Waals surface area contributed by atoms with Crippen molar-refractivity contribution in [3.8, 4) is 0 Å². The van der Waals surface area contributed by atoms with Gasteiger partial charge in [-0.2, -0.15) is 0 Å². The van der Waals surface area contributed by atoms with Crippen LogP contribution in [0.25, 0.3) is 0 Å². The number of anilines is 1. The minimum atomic E-state index is -3.78. The molecule has 2 N–H and O–H groups in total. The largest absolute Gasteiger partial charge is 0.452 e. The minimum Gasteiger partial charge on any atom is -0.452 e. The van der Waals surface area contributed by atoms with Crippen LogP contribution in [0.4, 0.5) is 5.82 Å². The Hall–Kier alpha value is -2.20.